The molecule has 16 heavy (non-hydrogen) atoms. The predicted molar refractivity (Wildman–Crippen MR) is 69.3 cm³/mol. The largest absolute Gasteiger partial charge is 0.490 e. The smallest absolute Gasteiger partial charge is 0.261 e. The Morgan fingerprint density at radius 2 is 2.06 bits per heavy atom. The van der Waals surface area contributed by atoms with Crippen molar-refractivity contribution in [1.29, 1.82) is 0 Å². The minimum Gasteiger partial charge on any atom is -0.490 e. The third kappa shape index (κ3) is 4.45. The summed E-state index contributed by atoms with van der Waals surface area (Å²) in [5.41, 5.74) is 0. The van der Waals surface area contributed by atoms with Crippen LogP contribution in [-0.4, -0.2) is 48.2 Å². The Kier molecular flexibility index (Phi) is 4.68. The first-order valence-corrected chi connectivity index (χ1v) is 8.18. The molecule has 0 saturated carbocycles. The van der Waals surface area contributed by atoms with E-state index in [2.05, 4.69) is 28.7 Å². The lowest BCUT2D eigenvalue weighted by Crippen LogP contribution is -2.10. The Hall–Kier alpha value is -0.680. The van der Waals surface area contributed by atoms with Gasteiger partial charge in [0.2, 0.25) is 5.28 Å². The van der Waals surface area contributed by atoms with Gasteiger partial charge in [0.05, 0.1) is 19.9 Å². The van der Waals surface area contributed by atoms with E-state index >= 15 is 0 Å². The molecule has 0 saturated heterocycles. The molecule has 1 heterocycles. The molecule has 0 amide bonds. The van der Waals surface area contributed by atoms with Crippen LogP contribution in [0.2, 0.25) is 5.28 Å². The third-order valence-electron chi connectivity index (χ3n) is 1.85. The van der Waals surface area contributed by atoms with Gasteiger partial charge in [-0.15, -0.1) is 0 Å². The first-order chi connectivity index (χ1) is 7.42. The van der Waals surface area contributed by atoms with Gasteiger partial charge in [0, 0.05) is 5.75 Å². The lowest BCUT2D eigenvalue weighted by atomic mass is 10.5. The maximum Gasteiger partial charge on any atom is 0.261 e. The number of nitrogens with zero attached hydrogens (tertiary/aromatic N) is 2. The zero-order chi connectivity index (χ0) is 12.2. The summed E-state index contributed by atoms with van der Waals surface area (Å²) in [7, 11) is 0.984. The van der Waals surface area contributed by atoms with Gasteiger partial charge in [0.1, 0.15) is 0 Å². The fourth-order valence-electron chi connectivity index (χ4n) is 0.967. The topological polar surface area (TPSA) is 44.2 Å². The Bertz CT molecular complexity index is 355. The van der Waals surface area contributed by atoms with E-state index in [9.17, 15) is 0 Å². The van der Waals surface area contributed by atoms with Crippen molar-refractivity contribution in [2.75, 3.05) is 38.2 Å². The van der Waals surface area contributed by atoms with E-state index in [1.54, 1.807) is 7.11 Å². The van der Waals surface area contributed by atoms with Gasteiger partial charge in [-0.1, -0.05) is 0 Å². The fraction of sp³-hybridized carbons (Fsp3) is 0.600. The number of hydrogen-bond donors (Lipinski definition) is 0. The molecule has 0 aliphatic rings. The van der Waals surface area contributed by atoms with E-state index in [1.165, 1.54) is 6.20 Å². The van der Waals surface area contributed by atoms with E-state index in [0.717, 1.165) is 5.75 Å². The number of rotatable bonds is 5. The van der Waals surface area contributed by atoms with Crippen LogP contribution in [0, 0.1) is 0 Å². The van der Waals surface area contributed by atoms with Crippen LogP contribution in [0.3, 0.4) is 0 Å². The number of ether oxygens (including phenoxy) is 2. The molecule has 0 spiro atoms. The molecule has 4 nitrogen and oxygen atoms in total. The second-order valence-corrected chi connectivity index (χ2v) is 9.08. The van der Waals surface area contributed by atoms with Crippen molar-refractivity contribution >= 4 is 21.6 Å². The number of aromatic nitrogens is 2. The van der Waals surface area contributed by atoms with E-state index < -0.39 is 10.0 Å². The summed E-state index contributed by atoms with van der Waals surface area (Å²) in [5.74, 6) is 1.93. The summed E-state index contributed by atoms with van der Waals surface area (Å²) in [5, 5.41) is 0.166. The van der Waals surface area contributed by atoms with E-state index in [1.807, 2.05) is 0 Å². The van der Waals surface area contributed by atoms with Gasteiger partial charge >= 0.3 is 0 Å². The van der Waals surface area contributed by atoms with Gasteiger partial charge in [0.15, 0.2) is 5.75 Å². The molecule has 0 aliphatic heterocycles. The Morgan fingerprint density at radius 1 is 1.38 bits per heavy atom. The molecule has 0 aromatic carbocycles. The van der Waals surface area contributed by atoms with Gasteiger partial charge < -0.3 is 9.47 Å². The van der Waals surface area contributed by atoms with Crippen LogP contribution in [0.15, 0.2) is 6.20 Å². The maximum absolute atomic E-state index is 5.69. The first kappa shape index (κ1) is 13.4. The second kappa shape index (κ2) is 5.59. The molecule has 1 aromatic heterocycles. The number of methoxy groups -OCH3 is 1. The molecule has 0 fully saturated rings. The van der Waals surface area contributed by atoms with Crippen molar-refractivity contribution in [3.8, 4) is 11.6 Å². The summed E-state index contributed by atoms with van der Waals surface area (Å²) < 4.78 is 10.6. The van der Waals surface area contributed by atoms with Crippen molar-refractivity contribution in [3.63, 3.8) is 0 Å². The molecule has 1 rings (SSSR count). The molecular formula is C10H17ClN2O2S. The Labute approximate surface area is 103 Å². The van der Waals surface area contributed by atoms with Crippen molar-refractivity contribution in [2.45, 2.75) is 0 Å². The zero-order valence-corrected chi connectivity index (χ0v) is 11.6. The average molecular weight is 265 g/mol. The lowest BCUT2D eigenvalue weighted by molar-refractivity contribution is 0.299. The second-order valence-electron chi connectivity index (χ2n) is 4.16. The van der Waals surface area contributed by atoms with E-state index in [0.29, 0.717) is 18.2 Å². The molecule has 0 N–H and O–H groups in total. The molecule has 6 heteroatoms. The monoisotopic (exact) mass is 264 g/mol. The highest BCUT2D eigenvalue weighted by Crippen LogP contribution is 2.34. The van der Waals surface area contributed by atoms with Gasteiger partial charge in [-0.05, 0) is 30.4 Å². The van der Waals surface area contributed by atoms with Crippen LogP contribution in [0.25, 0.3) is 0 Å². The van der Waals surface area contributed by atoms with Gasteiger partial charge in [-0.25, -0.2) is 15.0 Å². The summed E-state index contributed by atoms with van der Waals surface area (Å²) in [6, 6.07) is 0. The SMILES string of the molecule is COc1cnc(Cl)nc1OCCS(C)(C)C. The standard InChI is InChI=1S/C10H17ClN2O2S/c1-14-8-7-12-10(11)13-9(8)15-5-6-16(2,3)4/h7H,5-6H2,1-4H3. The highest BCUT2D eigenvalue weighted by atomic mass is 35.5. The quantitative estimate of drug-likeness (QED) is 0.765. The fourth-order valence-corrected chi connectivity index (χ4v) is 1.68. The summed E-state index contributed by atoms with van der Waals surface area (Å²) in [6.07, 6.45) is 8.22. The normalized spacial score (nSPS) is 12.3. The first-order valence-electron chi connectivity index (χ1n) is 4.78. The minimum absolute atomic E-state index is 0.166. The summed E-state index contributed by atoms with van der Waals surface area (Å²) >= 11 is 5.69. The molecule has 1 aromatic rings. The number of hydrogen-bond acceptors (Lipinski definition) is 4. The van der Waals surface area contributed by atoms with Crippen molar-refractivity contribution in [3.05, 3.63) is 11.5 Å². The molecule has 0 bridgehead atoms. The van der Waals surface area contributed by atoms with Crippen molar-refractivity contribution in [2.24, 2.45) is 0 Å². The average Bonchev–Trinajstić information content (AvgIpc) is 2.16. The lowest BCUT2D eigenvalue weighted by Gasteiger charge is -2.24. The van der Waals surface area contributed by atoms with Crippen LogP contribution >= 0.6 is 21.6 Å². The van der Waals surface area contributed by atoms with Crippen LogP contribution in [0.1, 0.15) is 0 Å². The van der Waals surface area contributed by atoms with Crippen molar-refractivity contribution < 1.29 is 9.47 Å². The van der Waals surface area contributed by atoms with Crippen LogP contribution in [0.4, 0.5) is 0 Å². The Morgan fingerprint density at radius 3 is 2.62 bits per heavy atom. The highest BCUT2D eigenvalue weighted by molar-refractivity contribution is 8.32. The highest BCUT2D eigenvalue weighted by Gasteiger charge is 2.10. The summed E-state index contributed by atoms with van der Waals surface area (Å²) in [4.78, 5) is 7.80. The van der Waals surface area contributed by atoms with Crippen molar-refractivity contribution in [1.82, 2.24) is 9.97 Å². The predicted octanol–water partition coefficient (Wildman–Crippen LogP) is 2.21. The van der Waals surface area contributed by atoms with Crippen LogP contribution < -0.4 is 9.47 Å². The maximum atomic E-state index is 5.69. The number of halogens is 1. The van der Waals surface area contributed by atoms with E-state index in [4.69, 9.17) is 21.1 Å². The molecule has 92 valence electrons. The zero-order valence-electron chi connectivity index (χ0n) is 9.99. The van der Waals surface area contributed by atoms with Crippen LogP contribution in [-0.2, 0) is 0 Å². The molecular weight excluding hydrogens is 248 g/mol. The van der Waals surface area contributed by atoms with Gasteiger partial charge in [0.25, 0.3) is 5.88 Å². The molecule has 0 aliphatic carbocycles. The van der Waals surface area contributed by atoms with Crippen LogP contribution in [0.5, 0.6) is 11.6 Å². The Balaban J connectivity index is 2.62. The summed E-state index contributed by atoms with van der Waals surface area (Å²) in [6.45, 7) is 0.614. The third-order valence-corrected chi connectivity index (χ3v) is 3.42. The molecule has 0 atom stereocenters. The van der Waals surface area contributed by atoms with E-state index in [-0.39, 0.29) is 5.28 Å². The van der Waals surface area contributed by atoms with Gasteiger partial charge in [-0.3, -0.25) is 0 Å². The van der Waals surface area contributed by atoms with Gasteiger partial charge in [-0.2, -0.15) is 4.98 Å². The molecule has 0 unspecified atom stereocenters. The minimum atomic E-state index is -0.566. The molecule has 0 radical (unpaired) electrons.